The third-order valence-corrected chi connectivity index (χ3v) is 5.46. The molecule has 0 spiro atoms. The van der Waals surface area contributed by atoms with Crippen molar-refractivity contribution in [2.75, 3.05) is 16.8 Å². The van der Waals surface area contributed by atoms with Crippen LogP contribution in [0.1, 0.15) is 29.2 Å². The van der Waals surface area contributed by atoms with Crippen molar-refractivity contribution in [2.24, 2.45) is 0 Å². The first-order valence-electron chi connectivity index (χ1n) is 10.7. The van der Waals surface area contributed by atoms with Gasteiger partial charge in [-0.05, 0) is 74.7 Å². The average molecular weight is 427 g/mol. The van der Waals surface area contributed by atoms with Crippen molar-refractivity contribution < 1.29 is 14.3 Å². The summed E-state index contributed by atoms with van der Waals surface area (Å²) in [6, 6.07) is 20.7. The Hall–Kier alpha value is -3.86. The molecule has 0 radical (unpaired) electrons. The average Bonchev–Trinajstić information content (AvgIpc) is 3.02. The van der Waals surface area contributed by atoms with Crippen LogP contribution in [0, 0.1) is 20.8 Å². The zero-order valence-corrected chi connectivity index (χ0v) is 18.7. The molecule has 4 rings (SSSR count). The largest absolute Gasteiger partial charge is 0.494 e. The summed E-state index contributed by atoms with van der Waals surface area (Å²) in [5.74, 6) is 0.00341. The zero-order valence-electron chi connectivity index (χ0n) is 18.7. The molecule has 5 nitrogen and oxygen atoms in total. The van der Waals surface area contributed by atoms with Crippen molar-refractivity contribution in [3.05, 3.63) is 94.7 Å². The van der Waals surface area contributed by atoms with E-state index >= 15 is 0 Å². The van der Waals surface area contributed by atoms with E-state index in [4.69, 9.17) is 4.74 Å². The number of carbonyl (C=O) groups excluding carboxylic acids is 2. The highest BCUT2D eigenvalue weighted by Gasteiger charge is 2.40. The van der Waals surface area contributed by atoms with Crippen LogP contribution in [-0.2, 0) is 9.59 Å². The zero-order chi connectivity index (χ0) is 22.8. The quantitative estimate of drug-likeness (QED) is 0.536. The summed E-state index contributed by atoms with van der Waals surface area (Å²) in [4.78, 5) is 28.5. The summed E-state index contributed by atoms with van der Waals surface area (Å²) < 4.78 is 5.53. The van der Waals surface area contributed by atoms with Crippen molar-refractivity contribution in [1.82, 2.24) is 0 Å². The van der Waals surface area contributed by atoms with Gasteiger partial charge < -0.3 is 10.1 Å². The van der Waals surface area contributed by atoms with Gasteiger partial charge in [-0.2, -0.15) is 0 Å². The summed E-state index contributed by atoms with van der Waals surface area (Å²) in [6.07, 6.45) is 0. The number of nitrogens with zero attached hydrogens (tertiary/aromatic N) is 1. The summed E-state index contributed by atoms with van der Waals surface area (Å²) in [5.41, 5.74) is 5.58. The second-order valence-corrected chi connectivity index (χ2v) is 7.93. The molecule has 0 fully saturated rings. The van der Waals surface area contributed by atoms with Gasteiger partial charge in [0.05, 0.1) is 17.9 Å². The Morgan fingerprint density at radius 3 is 2.12 bits per heavy atom. The molecule has 0 saturated heterocycles. The van der Waals surface area contributed by atoms with Gasteiger partial charge in [-0.1, -0.05) is 42.0 Å². The molecule has 1 N–H and O–H groups in total. The van der Waals surface area contributed by atoms with Crippen LogP contribution in [0.4, 0.5) is 11.4 Å². The first kappa shape index (κ1) is 21.4. The Morgan fingerprint density at radius 1 is 0.812 bits per heavy atom. The van der Waals surface area contributed by atoms with E-state index in [0.717, 1.165) is 22.4 Å². The topological polar surface area (TPSA) is 58.6 Å². The Kier molecular flexibility index (Phi) is 5.82. The number of hydrogen-bond donors (Lipinski definition) is 1. The van der Waals surface area contributed by atoms with Gasteiger partial charge in [-0.15, -0.1) is 0 Å². The van der Waals surface area contributed by atoms with Gasteiger partial charge in [-0.25, -0.2) is 4.90 Å². The van der Waals surface area contributed by atoms with E-state index in [1.54, 1.807) is 0 Å². The third-order valence-electron chi connectivity index (χ3n) is 5.46. The minimum atomic E-state index is -0.367. The summed E-state index contributed by atoms with van der Waals surface area (Å²) in [5, 5.41) is 3.21. The Balaban J connectivity index is 1.81. The number of anilines is 2. The molecular weight excluding hydrogens is 400 g/mol. The Labute approximate surface area is 188 Å². The molecular formula is C27H26N2O3. The Morgan fingerprint density at radius 2 is 1.47 bits per heavy atom. The molecule has 1 aliphatic rings. The smallest absolute Gasteiger partial charge is 0.282 e. The lowest BCUT2D eigenvalue weighted by Gasteiger charge is -2.18. The maximum absolute atomic E-state index is 13.6. The first-order valence-corrected chi connectivity index (χ1v) is 10.7. The number of ether oxygens (including phenoxy) is 1. The van der Waals surface area contributed by atoms with Crippen LogP contribution < -0.4 is 15.0 Å². The van der Waals surface area contributed by atoms with Crippen molar-refractivity contribution >= 4 is 28.8 Å². The fourth-order valence-corrected chi connectivity index (χ4v) is 3.76. The lowest BCUT2D eigenvalue weighted by atomic mass is 10.0. The standard InChI is InChI=1S/C27H26N2O3/c1-5-32-22-14-10-20(11-15-22)24-25(28-21-12-7-17(2)8-13-21)27(31)29(26(24)30)23-16-18(3)6-9-19(23)4/h6-16,28H,5H2,1-4H3. The van der Waals surface area contributed by atoms with Gasteiger partial charge in [0, 0.05) is 5.69 Å². The van der Waals surface area contributed by atoms with Crippen LogP contribution in [0.2, 0.25) is 0 Å². The van der Waals surface area contributed by atoms with Crippen molar-refractivity contribution in [1.29, 1.82) is 0 Å². The van der Waals surface area contributed by atoms with Crippen LogP contribution in [0.25, 0.3) is 5.57 Å². The van der Waals surface area contributed by atoms with Gasteiger partial charge in [0.1, 0.15) is 11.4 Å². The molecule has 1 heterocycles. The van der Waals surface area contributed by atoms with E-state index in [-0.39, 0.29) is 17.5 Å². The van der Waals surface area contributed by atoms with Crippen LogP contribution in [0.3, 0.4) is 0 Å². The predicted octanol–water partition coefficient (Wildman–Crippen LogP) is 5.41. The van der Waals surface area contributed by atoms with Crippen LogP contribution >= 0.6 is 0 Å². The summed E-state index contributed by atoms with van der Waals surface area (Å²) >= 11 is 0. The predicted molar refractivity (Wildman–Crippen MR) is 128 cm³/mol. The second-order valence-electron chi connectivity index (χ2n) is 7.93. The van der Waals surface area contributed by atoms with Crippen LogP contribution in [-0.4, -0.2) is 18.4 Å². The van der Waals surface area contributed by atoms with Crippen molar-refractivity contribution in [2.45, 2.75) is 27.7 Å². The maximum atomic E-state index is 13.6. The molecule has 0 aromatic heterocycles. The number of imide groups is 1. The number of aryl methyl sites for hydroxylation is 3. The molecule has 0 atom stereocenters. The van der Waals surface area contributed by atoms with Crippen molar-refractivity contribution in [3.8, 4) is 5.75 Å². The second kappa shape index (κ2) is 8.71. The van der Waals surface area contributed by atoms with Crippen molar-refractivity contribution in [3.63, 3.8) is 0 Å². The monoisotopic (exact) mass is 426 g/mol. The van der Waals surface area contributed by atoms with E-state index < -0.39 is 0 Å². The summed E-state index contributed by atoms with van der Waals surface area (Å²) in [7, 11) is 0. The fraction of sp³-hybridized carbons (Fsp3) is 0.185. The van der Waals surface area contributed by atoms with Gasteiger partial charge in [0.25, 0.3) is 11.8 Å². The fourth-order valence-electron chi connectivity index (χ4n) is 3.76. The van der Waals surface area contributed by atoms with Gasteiger partial charge >= 0.3 is 0 Å². The molecule has 0 saturated carbocycles. The maximum Gasteiger partial charge on any atom is 0.282 e. The van der Waals surface area contributed by atoms with E-state index in [0.29, 0.717) is 29.2 Å². The van der Waals surface area contributed by atoms with Crippen LogP contribution in [0.5, 0.6) is 5.75 Å². The number of rotatable bonds is 6. The SMILES string of the molecule is CCOc1ccc(C2=C(Nc3ccc(C)cc3)C(=O)N(c3cc(C)ccc3C)C2=O)cc1. The molecule has 1 aliphatic heterocycles. The highest BCUT2D eigenvalue weighted by Crippen LogP contribution is 2.36. The number of carbonyl (C=O) groups is 2. The third kappa shape index (κ3) is 4.02. The number of nitrogens with one attached hydrogen (secondary N) is 1. The van der Waals surface area contributed by atoms with Gasteiger partial charge in [0.2, 0.25) is 0 Å². The molecule has 0 bridgehead atoms. The van der Waals surface area contributed by atoms with Crippen LogP contribution in [0.15, 0.2) is 72.4 Å². The number of hydrogen-bond acceptors (Lipinski definition) is 4. The van der Waals surface area contributed by atoms with Gasteiger partial charge in [0.15, 0.2) is 0 Å². The minimum Gasteiger partial charge on any atom is -0.494 e. The highest BCUT2D eigenvalue weighted by molar-refractivity contribution is 6.46. The molecule has 2 amide bonds. The Bertz CT molecular complexity index is 1210. The molecule has 3 aromatic carbocycles. The molecule has 162 valence electrons. The van der Waals surface area contributed by atoms with E-state index in [1.807, 2.05) is 94.4 Å². The molecule has 5 heteroatoms. The lowest BCUT2D eigenvalue weighted by molar-refractivity contribution is -0.120. The molecule has 0 aliphatic carbocycles. The molecule has 0 unspecified atom stereocenters. The van der Waals surface area contributed by atoms with E-state index in [9.17, 15) is 9.59 Å². The van der Waals surface area contributed by atoms with E-state index in [1.165, 1.54) is 4.90 Å². The van der Waals surface area contributed by atoms with Gasteiger partial charge in [-0.3, -0.25) is 9.59 Å². The normalized spacial score (nSPS) is 13.7. The number of amides is 2. The van der Waals surface area contributed by atoms with E-state index in [2.05, 4.69) is 5.32 Å². The first-order chi connectivity index (χ1) is 15.4. The highest BCUT2D eigenvalue weighted by atomic mass is 16.5. The number of benzene rings is 3. The minimum absolute atomic E-state index is 0.268. The molecule has 3 aromatic rings. The summed E-state index contributed by atoms with van der Waals surface area (Å²) in [6.45, 7) is 8.32. The molecule has 32 heavy (non-hydrogen) atoms. The lowest BCUT2D eigenvalue weighted by Crippen LogP contribution is -2.33.